The van der Waals surface area contributed by atoms with E-state index < -0.39 is 10.0 Å². The van der Waals surface area contributed by atoms with Gasteiger partial charge in [-0.25, -0.2) is 13.4 Å². The summed E-state index contributed by atoms with van der Waals surface area (Å²) in [6, 6.07) is 14.6. The molecule has 1 aromatic heterocycles. The number of carbonyl (C=O) groups is 1. The molecule has 0 aliphatic carbocycles. The fraction of sp³-hybridized carbons (Fsp3) is 0.238. The van der Waals surface area contributed by atoms with E-state index in [2.05, 4.69) is 26.7 Å². The Morgan fingerprint density at radius 3 is 2.37 bits per heavy atom. The quantitative estimate of drug-likeness (QED) is 0.659. The van der Waals surface area contributed by atoms with Crippen molar-refractivity contribution < 1.29 is 13.2 Å². The van der Waals surface area contributed by atoms with Gasteiger partial charge in [-0.1, -0.05) is 24.3 Å². The first-order valence-electron chi connectivity index (χ1n) is 9.66. The number of sulfonamides is 1. The van der Waals surface area contributed by atoms with E-state index in [0.29, 0.717) is 17.4 Å². The van der Waals surface area contributed by atoms with Crippen molar-refractivity contribution in [2.45, 2.75) is 30.4 Å². The van der Waals surface area contributed by atoms with E-state index in [1.54, 1.807) is 28.6 Å². The number of nitrogens with zero attached hydrogens (tertiary/aromatic N) is 3. The molecule has 0 bridgehead atoms. The van der Waals surface area contributed by atoms with E-state index in [4.69, 9.17) is 0 Å². The molecule has 0 spiro atoms. The van der Waals surface area contributed by atoms with E-state index in [9.17, 15) is 13.2 Å². The molecule has 30 heavy (non-hydrogen) atoms. The highest BCUT2D eigenvalue weighted by atomic mass is 32.2. The summed E-state index contributed by atoms with van der Waals surface area (Å²) in [5.41, 5.74) is 3.28. The van der Waals surface area contributed by atoms with Gasteiger partial charge in [-0.3, -0.25) is 14.4 Å². The molecule has 1 fully saturated rings. The van der Waals surface area contributed by atoms with Crippen molar-refractivity contribution in [3.63, 3.8) is 0 Å². The Bertz CT molecular complexity index is 1150. The first kappa shape index (κ1) is 19.2. The van der Waals surface area contributed by atoms with Gasteiger partial charge in [0.05, 0.1) is 10.9 Å². The van der Waals surface area contributed by atoms with Crippen LogP contribution >= 0.6 is 11.3 Å². The molecule has 1 atom stereocenters. The second-order valence-corrected chi connectivity index (χ2v) is 9.98. The van der Waals surface area contributed by atoms with Gasteiger partial charge >= 0.3 is 0 Å². The highest BCUT2D eigenvalue weighted by Crippen LogP contribution is 2.31. The lowest BCUT2D eigenvalue weighted by atomic mass is 10.1. The summed E-state index contributed by atoms with van der Waals surface area (Å²) in [7, 11) is -3.71. The van der Waals surface area contributed by atoms with Gasteiger partial charge in [0.1, 0.15) is 0 Å². The number of hydrogen-bond acceptors (Lipinski definition) is 6. The minimum Gasteiger partial charge on any atom is -0.311 e. The van der Waals surface area contributed by atoms with Gasteiger partial charge in [0.25, 0.3) is 10.0 Å². The normalized spacial score (nSPS) is 19.3. The monoisotopic (exact) mass is 440 g/mol. The van der Waals surface area contributed by atoms with Crippen LogP contribution in [0, 0.1) is 0 Å². The highest BCUT2D eigenvalue weighted by Gasteiger charge is 2.38. The lowest BCUT2D eigenvalue weighted by Gasteiger charge is -2.23. The van der Waals surface area contributed by atoms with Crippen LogP contribution in [0.15, 0.2) is 65.0 Å². The van der Waals surface area contributed by atoms with E-state index in [1.807, 2.05) is 12.1 Å². The Hall–Kier alpha value is -2.75. The van der Waals surface area contributed by atoms with Gasteiger partial charge in [0, 0.05) is 36.9 Å². The molecule has 2 aliphatic heterocycles. The molecule has 0 unspecified atom stereocenters. The summed E-state index contributed by atoms with van der Waals surface area (Å²) in [5, 5.41) is 2.03. The first-order chi connectivity index (χ1) is 14.5. The van der Waals surface area contributed by atoms with Crippen LogP contribution in [0.2, 0.25) is 0 Å². The molecule has 3 aromatic rings. The number of carbonyl (C=O) groups excluding carboxylic acids is 1. The van der Waals surface area contributed by atoms with Crippen LogP contribution in [0.3, 0.4) is 0 Å². The zero-order chi connectivity index (χ0) is 20.7. The average Bonchev–Trinajstić information content (AvgIpc) is 3.47. The third kappa shape index (κ3) is 3.49. The zero-order valence-electron chi connectivity index (χ0n) is 16.1. The van der Waals surface area contributed by atoms with Crippen molar-refractivity contribution in [1.29, 1.82) is 0 Å². The van der Waals surface area contributed by atoms with Crippen LogP contribution in [0.4, 0.5) is 10.8 Å². The lowest BCUT2D eigenvalue weighted by molar-refractivity contribution is -0.121. The zero-order valence-corrected chi connectivity index (χ0v) is 17.7. The van der Waals surface area contributed by atoms with Gasteiger partial charge < -0.3 is 4.90 Å². The maximum atomic E-state index is 13.1. The van der Waals surface area contributed by atoms with E-state index in [-0.39, 0.29) is 16.8 Å². The largest absolute Gasteiger partial charge is 0.311 e. The SMILES string of the molecule is O=C1[C@@H](N2Cc3ccccc3C2)CCN1c1ccc(S(=O)(=O)Nc2nccs2)cc1. The molecular weight excluding hydrogens is 420 g/mol. The Morgan fingerprint density at radius 1 is 1.03 bits per heavy atom. The fourth-order valence-corrected chi connectivity index (χ4v) is 5.88. The molecule has 0 saturated carbocycles. The topological polar surface area (TPSA) is 82.6 Å². The molecule has 154 valence electrons. The summed E-state index contributed by atoms with van der Waals surface area (Å²) in [6.45, 7) is 2.21. The number of nitrogens with one attached hydrogen (secondary N) is 1. The van der Waals surface area contributed by atoms with Crippen molar-refractivity contribution in [2.75, 3.05) is 16.2 Å². The molecule has 9 heteroatoms. The molecule has 1 N–H and O–H groups in total. The second-order valence-electron chi connectivity index (χ2n) is 7.40. The number of benzene rings is 2. The third-order valence-corrected chi connectivity index (χ3v) is 7.77. The Kier molecular flexibility index (Phi) is 4.80. The fourth-order valence-electron chi connectivity index (χ4n) is 4.09. The number of aromatic nitrogens is 1. The summed E-state index contributed by atoms with van der Waals surface area (Å²) < 4.78 is 27.5. The maximum absolute atomic E-state index is 13.1. The van der Waals surface area contributed by atoms with Crippen molar-refractivity contribution >= 4 is 38.1 Å². The van der Waals surface area contributed by atoms with Crippen molar-refractivity contribution in [3.05, 3.63) is 71.2 Å². The molecule has 2 aromatic carbocycles. The summed E-state index contributed by atoms with van der Waals surface area (Å²) in [5.74, 6) is 0.0688. The Labute approximate surface area is 179 Å². The second kappa shape index (κ2) is 7.50. The summed E-state index contributed by atoms with van der Waals surface area (Å²) in [4.78, 5) is 21.1. The molecule has 5 rings (SSSR count). The maximum Gasteiger partial charge on any atom is 0.263 e. The predicted molar refractivity (Wildman–Crippen MR) is 116 cm³/mol. The number of anilines is 2. The summed E-state index contributed by atoms with van der Waals surface area (Å²) >= 11 is 1.22. The molecule has 1 amide bonds. The van der Waals surface area contributed by atoms with Gasteiger partial charge in [-0.05, 0) is 41.8 Å². The number of thiazole rings is 1. The molecule has 3 heterocycles. The van der Waals surface area contributed by atoms with Crippen molar-refractivity contribution in [2.24, 2.45) is 0 Å². The molecule has 1 saturated heterocycles. The van der Waals surface area contributed by atoms with Crippen LogP contribution in [-0.2, 0) is 27.9 Å². The van der Waals surface area contributed by atoms with Gasteiger partial charge in [0.15, 0.2) is 5.13 Å². The standard InChI is InChI=1S/C21H20N4O3S2/c26-20-19(24-13-15-3-1-2-4-16(15)14-24)9-11-25(20)17-5-7-18(8-6-17)30(27,28)23-21-22-10-12-29-21/h1-8,10,12,19H,9,11,13-14H2,(H,22,23)/t19-/m0/s1. The van der Waals surface area contributed by atoms with Gasteiger partial charge in [-0.2, -0.15) is 0 Å². The van der Waals surface area contributed by atoms with Gasteiger partial charge in [0.2, 0.25) is 5.91 Å². The highest BCUT2D eigenvalue weighted by molar-refractivity contribution is 7.93. The summed E-state index contributed by atoms with van der Waals surface area (Å²) in [6.07, 6.45) is 2.30. The van der Waals surface area contributed by atoms with Crippen molar-refractivity contribution in [1.82, 2.24) is 9.88 Å². The van der Waals surface area contributed by atoms with Gasteiger partial charge in [-0.15, -0.1) is 11.3 Å². The number of hydrogen-bond donors (Lipinski definition) is 1. The number of amides is 1. The van der Waals surface area contributed by atoms with Crippen LogP contribution in [0.5, 0.6) is 0 Å². The Morgan fingerprint density at radius 2 is 1.73 bits per heavy atom. The number of fused-ring (bicyclic) bond motifs is 1. The van der Waals surface area contributed by atoms with E-state index in [1.165, 1.54) is 34.6 Å². The minimum atomic E-state index is -3.71. The van der Waals surface area contributed by atoms with E-state index >= 15 is 0 Å². The van der Waals surface area contributed by atoms with Crippen LogP contribution in [-0.4, -0.2) is 36.8 Å². The smallest absolute Gasteiger partial charge is 0.263 e. The first-order valence-corrected chi connectivity index (χ1v) is 12.0. The third-order valence-electron chi connectivity index (χ3n) is 5.60. The average molecular weight is 441 g/mol. The van der Waals surface area contributed by atoms with Crippen molar-refractivity contribution in [3.8, 4) is 0 Å². The minimum absolute atomic E-state index is 0.0688. The lowest BCUT2D eigenvalue weighted by Crippen LogP contribution is -2.39. The van der Waals surface area contributed by atoms with E-state index in [0.717, 1.165) is 19.5 Å². The van der Waals surface area contributed by atoms with Crippen LogP contribution in [0.1, 0.15) is 17.5 Å². The molecule has 0 radical (unpaired) electrons. The van der Waals surface area contributed by atoms with Crippen LogP contribution < -0.4 is 9.62 Å². The number of rotatable bonds is 5. The predicted octanol–water partition coefficient (Wildman–Crippen LogP) is 3.07. The molecule has 7 nitrogen and oxygen atoms in total. The molecular formula is C21H20N4O3S2. The Balaban J connectivity index is 1.29. The van der Waals surface area contributed by atoms with Crippen LogP contribution in [0.25, 0.3) is 0 Å². The molecule has 2 aliphatic rings.